The molecule has 0 heterocycles. The molecule has 82 valence electrons. The van der Waals surface area contributed by atoms with Crippen molar-refractivity contribution in [2.75, 3.05) is 6.54 Å². The lowest BCUT2D eigenvalue weighted by Gasteiger charge is -2.10. The summed E-state index contributed by atoms with van der Waals surface area (Å²) in [7, 11) is 0. The summed E-state index contributed by atoms with van der Waals surface area (Å²) < 4.78 is 0. The molecule has 16 heavy (non-hydrogen) atoms. The van der Waals surface area contributed by atoms with Gasteiger partial charge in [-0.25, -0.2) is 0 Å². The minimum Gasteiger partial charge on any atom is -0.265 e. The molecule has 0 amide bonds. The summed E-state index contributed by atoms with van der Waals surface area (Å²) >= 11 is 0. The van der Waals surface area contributed by atoms with Crippen LogP contribution in [0.5, 0.6) is 0 Å². The molecule has 2 rings (SSSR count). The first-order valence-electron chi connectivity index (χ1n) is 5.28. The zero-order valence-electron chi connectivity index (χ0n) is 9.09. The molecule has 0 aliphatic heterocycles. The van der Waals surface area contributed by atoms with Gasteiger partial charge in [-0.1, -0.05) is 49.4 Å². The topological polar surface area (TPSA) is 43.1 Å². The molecular formula is C13H13NO2. The van der Waals surface area contributed by atoms with Crippen LogP contribution in [0.1, 0.15) is 18.4 Å². The number of fused-ring (bicyclic) bond motifs is 1. The van der Waals surface area contributed by atoms with Crippen LogP contribution in [0, 0.1) is 10.1 Å². The van der Waals surface area contributed by atoms with Crippen LogP contribution in [0.2, 0.25) is 0 Å². The van der Waals surface area contributed by atoms with Crippen LogP contribution >= 0.6 is 0 Å². The van der Waals surface area contributed by atoms with E-state index in [1.54, 1.807) is 0 Å². The fraction of sp³-hybridized carbons (Fsp3) is 0.231. The normalized spacial score (nSPS) is 12.6. The zero-order valence-corrected chi connectivity index (χ0v) is 9.09. The molecule has 0 unspecified atom stereocenters. The van der Waals surface area contributed by atoms with Crippen LogP contribution in [0.3, 0.4) is 0 Å². The lowest BCUT2D eigenvalue weighted by Crippen LogP contribution is -2.09. The van der Waals surface area contributed by atoms with Crippen molar-refractivity contribution in [3.63, 3.8) is 0 Å². The SMILES string of the molecule is C[C@H](C[N+](=O)[O-])c1cccc2ccccc12. The number of benzene rings is 2. The third kappa shape index (κ3) is 2.03. The van der Waals surface area contributed by atoms with Gasteiger partial charge in [0.1, 0.15) is 0 Å². The van der Waals surface area contributed by atoms with Crippen molar-refractivity contribution >= 4 is 10.8 Å². The van der Waals surface area contributed by atoms with Crippen molar-refractivity contribution in [3.05, 3.63) is 58.1 Å². The lowest BCUT2D eigenvalue weighted by molar-refractivity contribution is -0.482. The van der Waals surface area contributed by atoms with E-state index < -0.39 is 0 Å². The molecule has 0 aliphatic rings. The van der Waals surface area contributed by atoms with E-state index in [2.05, 4.69) is 0 Å². The molecule has 3 nitrogen and oxygen atoms in total. The van der Waals surface area contributed by atoms with E-state index in [1.807, 2.05) is 49.4 Å². The minimum atomic E-state index is -0.258. The van der Waals surface area contributed by atoms with Gasteiger partial charge in [-0.05, 0) is 16.3 Å². The van der Waals surface area contributed by atoms with Crippen LogP contribution in [0.4, 0.5) is 0 Å². The van der Waals surface area contributed by atoms with Crippen LogP contribution in [0.25, 0.3) is 10.8 Å². The van der Waals surface area contributed by atoms with Gasteiger partial charge >= 0.3 is 0 Å². The molecule has 2 aromatic carbocycles. The number of rotatable bonds is 3. The average molecular weight is 215 g/mol. The van der Waals surface area contributed by atoms with Gasteiger partial charge in [-0.3, -0.25) is 10.1 Å². The Balaban J connectivity index is 2.47. The zero-order chi connectivity index (χ0) is 11.5. The van der Waals surface area contributed by atoms with Crippen molar-refractivity contribution in [1.29, 1.82) is 0 Å². The summed E-state index contributed by atoms with van der Waals surface area (Å²) in [4.78, 5) is 10.3. The summed E-state index contributed by atoms with van der Waals surface area (Å²) in [6.07, 6.45) is 0. The van der Waals surface area contributed by atoms with E-state index in [4.69, 9.17) is 0 Å². The van der Waals surface area contributed by atoms with Gasteiger partial charge < -0.3 is 0 Å². The summed E-state index contributed by atoms with van der Waals surface area (Å²) in [5.74, 6) is -0.0545. The molecule has 0 radical (unpaired) electrons. The van der Waals surface area contributed by atoms with E-state index in [1.165, 1.54) is 0 Å². The van der Waals surface area contributed by atoms with Gasteiger partial charge in [0.25, 0.3) is 0 Å². The Labute approximate surface area is 93.9 Å². The van der Waals surface area contributed by atoms with Gasteiger partial charge in [0, 0.05) is 10.8 Å². The second-order valence-electron chi connectivity index (χ2n) is 3.98. The summed E-state index contributed by atoms with van der Waals surface area (Å²) in [6.45, 7) is 1.87. The van der Waals surface area contributed by atoms with Gasteiger partial charge in [0.05, 0.1) is 0 Å². The Morgan fingerprint density at radius 1 is 1.19 bits per heavy atom. The Kier molecular flexibility index (Phi) is 2.86. The molecule has 2 aromatic rings. The maximum absolute atomic E-state index is 10.5. The van der Waals surface area contributed by atoms with E-state index in [0.717, 1.165) is 16.3 Å². The van der Waals surface area contributed by atoms with Crippen molar-refractivity contribution in [2.24, 2.45) is 0 Å². The Hall–Kier alpha value is -1.90. The fourth-order valence-corrected chi connectivity index (χ4v) is 2.00. The minimum absolute atomic E-state index is 0.0198. The molecule has 0 aliphatic carbocycles. The molecule has 0 saturated carbocycles. The molecule has 0 spiro atoms. The summed E-state index contributed by atoms with van der Waals surface area (Å²) in [5, 5.41) is 12.8. The predicted octanol–water partition coefficient (Wildman–Crippen LogP) is 3.22. The standard InChI is InChI=1S/C13H13NO2/c1-10(9-14(15)16)12-8-4-6-11-5-2-3-7-13(11)12/h2-8,10H,9H2,1H3/t10-/m1/s1. The predicted molar refractivity (Wildman–Crippen MR) is 64.2 cm³/mol. The van der Waals surface area contributed by atoms with Gasteiger partial charge in [0.15, 0.2) is 0 Å². The Bertz CT molecular complexity index is 517. The van der Waals surface area contributed by atoms with Crippen LogP contribution in [-0.2, 0) is 0 Å². The van der Waals surface area contributed by atoms with E-state index in [0.29, 0.717) is 0 Å². The monoisotopic (exact) mass is 215 g/mol. The second-order valence-corrected chi connectivity index (χ2v) is 3.98. The van der Waals surface area contributed by atoms with Crippen molar-refractivity contribution < 1.29 is 4.92 Å². The van der Waals surface area contributed by atoms with Crippen molar-refractivity contribution in [3.8, 4) is 0 Å². The van der Waals surface area contributed by atoms with E-state index in [-0.39, 0.29) is 17.4 Å². The number of hydrogen-bond acceptors (Lipinski definition) is 2. The number of hydrogen-bond donors (Lipinski definition) is 0. The highest BCUT2D eigenvalue weighted by Crippen LogP contribution is 2.25. The first-order valence-corrected chi connectivity index (χ1v) is 5.28. The third-order valence-electron chi connectivity index (χ3n) is 2.78. The highest BCUT2D eigenvalue weighted by Gasteiger charge is 2.14. The van der Waals surface area contributed by atoms with Gasteiger partial charge in [0.2, 0.25) is 6.54 Å². The average Bonchev–Trinajstić information content (AvgIpc) is 2.27. The third-order valence-corrected chi connectivity index (χ3v) is 2.78. The van der Waals surface area contributed by atoms with E-state index >= 15 is 0 Å². The van der Waals surface area contributed by atoms with Crippen LogP contribution in [-0.4, -0.2) is 11.5 Å². The maximum Gasteiger partial charge on any atom is 0.210 e. The quantitative estimate of drug-likeness (QED) is 0.582. The maximum atomic E-state index is 10.5. The number of nitro groups is 1. The molecule has 0 fully saturated rings. The number of nitrogens with zero attached hydrogens (tertiary/aromatic N) is 1. The molecule has 0 aromatic heterocycles. The highest BCUT2D eigenvalue weighted by atomic mass is 16.6. The first kappa shape index (κ1) is 10.6. The first-order chi connectivity index (χ1) is 7.68. The largest absolute Gasteiger partial charge is 0.265 e. The van der Waals surface area contributed by atoms with Gasteiger partial charge in [-0.15, -0.1) is 0 Å². The molecule has 0 bridgehead atoms. The molecular weight excluding hydrogens is 202 g/mol. The molecule has 0 N–H and O–H groups in total. The highest BCUT2D eigenvalue weighted by molar-refractivity contribution is 5.86. The van der Waals surface area contributed by atoms with Crippen molar-refractivity contribution in [1.82, 2.24) is 0 Å². The Morgan fingerprint density at radius 2 is 1.88 bits per heavy atom. The summed E-state index contributed by atoms with van der Waals surface area (Å²) in [6, 6.07) is 13.9. The summed E-state index contributed by atoms with van der Waals surface area (Å²) in [5.41, 5.74) is 1.05. The smallest absolute Gasteiger partial charge is 0.210 e. The van der Waals surface area contributed by atoms with Crippen molar-refractivity contribution in [2.45, 2.75) is 12.8 Å². The molecule has 3 heteroatoms. The van der Waals surface area contributed by atoms with E-state index in [9.17, 15) is 10.1 Å². The lowest BCUT2D eigenvalue weighted by atomic mass is 9.95. The fourth-order valence-electron chi connectivity index (χ4n) is 2.00. The second kappa shape index (κ2) is 4.31. The Morgan fingerprint density at radius 3 is 2.62 bits per heavy atom. The van der Waals surface area contributed by atoms with Crippen LogP contribution < -0.4 is 0 Å². The van der Waals surface area contributed by atoms with Gasteiger partial charge in [-0.2, -0.15) is 0 Å². The molecule has 0 saturated heterocycles. The van der Waals surface area contributed by atoms with Crippen LogP contribution in [0.15, 0.2) is 42.5 Å². The molecule has 1 atom stereocenters.